The first-order valence-corrected chi connectivity index (χ1v) is 7.51. The zero-order valence-corrected chi connectivity index (χ0v) is 14.2. The zero-order chi connectivity index (χ0) is 15.8. The molecule has 0 N–H and O–H groups in total. The van der Waals surface area contributed by atoms with Crippen molar-refractivity contribution in [3.05, 3.63) is 34.8 Å². The van der Waals surface area contributed by atoms with Crippen molar-refractivity contribution in [3.63, 3.8) is 0 Å². The van der Waals surface area contributed by atoms with Gasteiger partial charge in [-0.15, -0.1) is 11.6 Å². The second-order valence-corrected chi connectivity index (χ2v) is 6.58. The number of hydrogen-bond donors (Lipinski definition) is 0. The highest BCUT2D eigenvalue weighted by molar-refractivity contribution is 6.17. The van der Waals surface area contributed by atoms with E-state index in [9.17, 15) is 0 Å². The molecule has 0 aliphatic heterocycles. The van der Waals surface area contributed by atoms with Crippen LogP contribution in [0, 0.1) is 13.8 Å². The molecule has 0 atom stereocenters. The summed E-state index contributed by atoms with van der Waals surface area (Å²) in [5.41, 5.74) is 3.74. The summed E-state index contributed by atoms with van der Waals surface area (Å²) >= 11 is 5.99. The Morgan fingerprint density at radius 2 is 1.90 bits per heavy atom. The Hall–Kier alpha value is -1.55. The number of ether oxygens (including phenoxy) is 1. The Labute approximate surface area is 131 Å². The summed E-state index contributed by atoms with van der Waals surface area (Å²) in [7, 11) is 1.90. The van der Waals surface area contributed by atoms with Crippen molar-refractivity contribution in [2.75, 3.05) is 0 Å². The number of aromatic nitrogens is 3. The van der Waals surface area contributed by atoms with Crippen molar-refractivity contribution in [1.82, 2.24) is 14.8 Å². The Balaban J connectivity index is 2.44. The lowest BCUT2D eigenvalue weighted by Gasteiger charge is -2.19. The van der Waals surface area contributed by atoms with Crippen LogP contribution in [0.3, 0.4) is 0 Å². The van der Waals surface area contributed by atoms with Crippen LogP contribution in [0.25, 0.3) is 0 Å². The van der Waals surface area contributed by atoms with Crippen LogP contribution in [0.5, 0.6) is 11.6 Å². The molecule has 0 aliphatic carbocycles. The van der Waals surface area contributed by atoms with E-state index in [0.717, 1.165) is 28.4 Å². The molecule has 0 unspecified atom stereocenters. The van der Waals surface area contributed by atoms with Crippen LogP contribution in [0.2, 0.25) is 0 Å². The molecular formula is C16H22ClN3O. The highest BCUT2D eigenvalue weighted by Gasteiger charge is 2.19. The molecule has 0 saturated heterocycles. The molecule has 4 nitrogen and oxygen atoms in total. The summed E-state index contributed by atoms with van der Waals surface area (Å²) in [6.45, 7) is 10.3. The van der Waals surface area contributed by atoms with Crippen LogP contribution in [0.15, 0.2) is 12.1 Å². The van der Waals surface area contributed by atoms with E-state index < -0.39 is 0 Å². The van der Waals surface area contributed by atoms with Gasteiger partial charge in [-0.05, 0) is 25.5 Å². The highest BCUT2D eigenvalue weighted by atomic mass is 35.5. The molecule has 0 aromatic carbocycles. The van der Waals surface area contributed by atoms with E-state index in [4.69, 9.17) is 16.3 Å². The van der Waals surface area contributed by atoms with Crippen molar-refractivity contribution in [2.45, 2.75) is 45.9 Å². The molecule has 0 aliphatic rings. The zero-order valence-electron chi connectivity index (χ0n) is 13.5. The molecule has 114 valence electrons. The number of pyridine rings is 1. The Morgan fingerprint density at radius 1 is 1.24 bits per heavy atom. The summed E-state index contributed by atoms with van der Waals surface area (Å²) in [5.74, 6) is 1.77. The summed E-state index contributed by atoms with van der Waals surface area (Å²) < 4.78 is 7.79. The third-order valence-corrected chi connectivity index (χ3v) is 3.74. The van der Waals surface area contributed by atoms with Gasteiger partial charge in [0, 0.05) is 24.4 Å². The van der Waals surface area contributed by atoms with Gasteiger partial charge in [0.05, 0.1) is 11.4 Å². The summed E-state index contributed by atoms with van der Waals surface area (Å²) in [6.07, 6.45) is 0. The Bertz CT molecular complexity index is 656. The maximum Gasteiger partial charge on any atom is 0.219 e. The van der Waals surface area contributed by atoms with Crippen LogP contribution in [0.1, 0.15) is 43.4 Å². The van der Waals surface area contributed by atoms with E-state index in [1.165, 1.54) is 0 Å². The van der Waals surface area contributed by atoms with Gasteiger partial charge in [0.2, 0.25) is 5.88 Å². The predicted octanol–water partition coefficient (Wildman–Crippen LogP) is 4.26. The minimum absolute atomic E-state index is 0.0563. The van der Waals surface area contributed by atoms with E-state index in [1.807, 2.05) is 33.0 Å². The molecule has 0 radical (unpaired) electrons. The van der Waals surface area contributed by atoms with Crippen molar-refractivity contribution in [3.8, 4) is 11.6 Å². The van der Waals surface area contributed by atoms with Gasteiger partial charge in [0.1, 0.15) is 5.69 Å². The number of halogens is 1. The lowest BCUT2D eigenvalue weighted by Crippen LogP contribution is -2.14. The third kappa shape index (κ3) is 3.38. The first kappa shape index (κ1) is 15.8. The second-order valence-electron chi connectivity index (χ2n) is 6.31. The average Bonchev–Trinajstić information content (AvgIpc) is 2.64. The largest absolute Gasteiger partial charge is 0.435 e. The van der Waals surface area contributed by atoms with Gasteiger partial charge in [-0.1, -0.05) is 20.8 Å². The fourth-order valence-electron chi connectivity index (χ4n) is 2.08. The number of hydrogen-bond acceptors (Lipinski definition) is 3. The van der Waals surface area contributed by atoms with Gasteiger partial charge in [-0.3, -0.25) is 4.68 Å². The van der Waals surface area contributed by atoms with Crippen molar-refractivity contribution in [1.29, 1.82) is 0 Å². The molecular weight excluding hydrogens is 286 g/mol. The lowest BCUT2D eigenvalue weighted by molar-refractivity contribution is 0.444. The number of rotatable bonds is 3. The molecule has 2 aromatic rings. The summed E-state index contributed by atoms with van der Waals surface area (Å²) in [5, 5.41) is 4.36. The number of nitrogens with zero attached hydrogens (tertiary/aromatic N) is 3. The summed E-state index contributed by atoms with van der Waals surface area (Å²) in [4.78, 5) is 4.62. The standard InChI is InChI=1S/C16H22ClN3O/c1-10-15(11(2)20(6)19-10)21-14-8-12(9-17)7-13(18-14)16(3,4)5/h7-8H,9H2,1-6H3. The smallest absolute Gasteiger partial charge is 0.219 e. The average molecular weight is 308 g/mol. The van der Waals surface area contributed by atoms with E-state index in [1.54, 1.807) is 4.68 Å². The van der Waals surface area contributed by atoms with E-state index in [2.05, 4.69) is 30.9 Å². The maximum absolute atomic E-state index is 5.99. The highest BCUT2D eigenvalue weighted by Crippen LogP contribution is 2.30. The quantitative estimate of drug-likeness (QED) is 0.795. The predicted molar refractivity (Wildman–Crippen MR) is 85.3 cm³/mol. The van der Waals surface area contributed by atoms with Gasteiger partial charge < -0.3 is 4.74 Å². The summed E-state index contributed by atoms with van der Waals surface area (Å²) in [6, 6.07) is 3.91. The van der Waals surface area contributed by atoms with Crippen molar-refractivity contribution >= 4 is 11.6 Å². The SMILES string of the molecule is Cc1nn(C)c(C)c1Oc1cc(CCl)cc(C(C)(C)C)n1. The first-order chi connectivity index (χ1) is 9.72. The van der Waals surface area contributed by atoms with Gasteiger partial charge >= 0.3 is 0 Å². The monoisotopic (exact) mass is 307 g/mol. The molecule has 5 heteroatoms. The van der Waals surface area contributed by atoms with Crippen LogP contribution in [0.4, 0.5) is 0 Å². The fourth-order valence-corrected chi connectivity index (χ4v) is 2.23. The first-order valence-electron chi connectivity index (χ1n) is 6.98. The molecule has 0 spiro atoms. The molecule has 2 rings (SSSR count). The Morgan fingerprint density at radius 3 is 2.38 bits per heavy atom. The van der Waals surface area contributed by atoms with E-state index in [-0.39, 0.29) is 5.41 Å². The number of alkyl halides is 1. The van der Waals surface area contributed by atoms with Gasteiger partial charge in [-0.25, -0.2) is 4.98 Å². The molecule has 0 amide bonds. The van der Waals surface area contributed by atoms with Crippen LogP contribution in [-0.4, -0.2) is 14.8 Å². The normalized spacial score (nSPS) is 11.8. The third-order valence-electron chi connectivity index (χ3n) is 3.43. The number of aryl methyl sites for hydroxylation is 2. The molecule has 21 heavy (non-hydrogen) atoms. The maximum atomic E-state index is 5.99. The van der Waals surface area contributed by atoms with Crippen LogP contribution < -0.4 is 4.74 Å². The molecule has 2 heterocycles. The fraction of sp³-hybridized carbons (Fsp3) is 0.500. The van der Waals surface area contributed by atoms with Crippen LogP contribution >= 0.6 is 11.6 Å². The van der Waals surface area contributed by atoms with Crippen LogP contribution in [-0.2, 0) is 18.3 Å². The van der Waals surface area contributed by atoms with Crippen molar-refractivity contribution in [2.24, 2.45) is 7.05 Å². The van der Waals surface area contributed by atoms with Gasteiger partial charge in [0.25, 0.3) is 0 Å². The topological polar surface area (TPSA) is 39.9 Å². The van der Waals surface area contributed by atoms with Gasteiger partial charge in [0.15, 0.2) is 5.75 Å². The van der Waals surface area contributed by atoms with E-state index in [0.29, 0.717) is 11.8 Å². The molecule has 0 fully saturated rings. The minimum Gasteiger partial charge on any atom is -0.435 e. The second kappa shape index (κ2) is 5.68. The molecule has 0 bridgehead atoms. The van der Waals surface area contributed by atoms with Gasteiger partial charge in [-0.2, -0.15) is 5.10 Å². The minimum atomic E-state index is -0.0563. The van der Waals surface area contributed by atoms with E-state index >= 15 is 0 Å². The molecule has 2 aromatic heterocycles. The Kier molecular flexibility index (Phi) is 4.28. The van der Waals surface area contributed by atoms with Crippen molar-refractivity contribution < 1.29 is 4.74 Å². The molecule has 0 saturated carbocycles. The lowest BCUT2D eigenvalue weighted by atomic mass is 9.91.